The fraction of sp³-hybridized carbons (Fsp3) is 0.136. The third kappa shape index (κ3) is 4.50. The lowest BCUT2D eigenvalue weighted by molar-refractivity contribution is 0.0600. The molecule has 2 aromatic carbocycles. The van der Waals surface area contributed by atoms with Gasteiger partial charge in [0, 0.05) is 17.2 Å². The van der Waals surface area contributed by atoms with E-state index in [1.807, 2.05) is 30.3 Å². The lowest BCUT2D eigenvalue weighted by Gasteiger charge is -2.08. The molecule has 156 valence electrons. The Labute approximate surface area is 177 Å². The van der Waals surface area contributed by atoms with Gasteiger partial charge in [-0.15, -0.1) is 15.3 Å². The maximum absolute atomic E-state index is 12.2. The van der Waals surface area contributed by atoms with Crippen LogP contribution in [-0.2, 0) is 4.74 Å². The van der Waals surface area contributed by atoms with E-state index in [-0.39, 0.29) is 19.1 Å². The number of amides is 1. The van der Waals surface area contributed by atoms with Crippen LogP contribution in [-0.4, -0.2) is 51.9 Å². The van der Waals surface area contributed by atoms with Gasteiger partial charge in [0.25, 0.3) is 5.91 Å². The summed E-state index contributed by atoms with van der Waals surface area (Å²) >= 11 is 0. The molecule has 1 N–H and O–H groups in total. The molecule has 4 aromatic rings. The van der Waals surface area contributed by atoms with Crippen molar-refractivity contribution in [1.82, 2.24) is 25.1 Å². The van der Waals surface area contributed by atoms with Crippen LogP contribution < -0.4 is 10.1 Å². The van der Waals surface area contributed by atoms with Crippen molar-refractivity contribution < 1.29 is 19.1 Å². The molecule has 9 heteroatoms. The van der Waals surface area contributed by atoms with Crippen LogP contribution in [0.4, 0.5) is 0 Å². The molecule has 0 spiro atoms. The van der Waals surface area contributed by atoms with Gasteiger partial charge >= 0.3 is 5.97 Å². The Morgan fingerprint density at radius 1 is 0.935 bits per heavy atom. The van der Waals surface area contributed by atoms with Crippen molar-refractivity contribution >= 4 is 17.5 Å². The van der Waals surface area contributed by atoms with Crippen LogP contribution in [0.1, 0.15) is 20.7 Å². The Morgan fingerprint density at radius 2 is 1.68 bits per heavy atom. The largest absolute Gasteiger partial charge is 0.475 e. The second-order valence-electron chi connectivity index (χ2n) is 6.50. The molecule has 0 aliphatic carbocycles. The van der Waals surface area contributed by atoms with Gasteiger partial charge in [0.15, 0.2) is 11.5 Å². The molecule has 0 aliphatic heterocycles. The molecule has 4 rings (SSSR count). The van der Waals surface area contributed by atoms with E-state index in [2.05, 4.69) is 25.3 Å². The molecule has 0 bridgehead atoms. The van der Waals surface area contributed by atoms with Crippen molar-refractivity contribution in [3.63, 3.8) is 0 Å². The summed E-state index contributed by atoms with van der Waals surface area (Å²) in [5.74, 6) is 0.285. The second kappa shape index (κ2) is 9.04. The highest BCUT2D eigenvalue weighted by atomic mass is 16.5. The van der Waals surface area contributed by atoms with Gasteiger partial charge in [0.2, 0.25) is 5.88 Å². The van der Waals surface area contributed by atoms with Gasteiger partial charge in [-0.1, -0.05) is 30.3 Å². The van der Waals surface area contributed by atoms with E-state index in [1.165, 1.54) is 7.11 Å². The van der Waals surface area contributed by atoms with Crippen LogP contribution in [0.15, 0.2) is 66.7 Å². The van der Waals surface area contributed by atoms with E-state index in [0.717, 1.165) is 5.56 Å². The van der Waals surface area contributed by atoms with Gasteiger partial charge in [-0.3, -0.25) is 4.79 Å². The van der Waals surface area contributed by atoms with Gasteiger partial charge in [0.1, 0.15) is 6.61 Å². The Hall–Kier alpha value is -4.27. The second-order valence-corrected chi connectivity index (χ2v) is 6.50. The number of rotatable bonds is 7. The molecule has 9 nitrogen and oxygen atoms in total. The van der Waals surface area contributed by atoms with Crippen LogP contribution >= 0.6 is 0 Å². The lowest BCUT2D eigenvalue weighted by Crippen LogP contribution is -2.28. The summed E-state index contributed by atoms with van der Waals surface area (Å²) in [6.45, 7) is 0.512. The first kappa shape index (κ1) is 20.0. The lowest BCUT2D eigenvalue weighted by atomic mass is 10.1. The number of nitrogens with one attached hydrogen (secondary N) is 1. The third-order valence-electron chi connectivity index (χ3n) is 4.48. The van der Waals surface area contributed by atoms with E-state index in [9.17, 15) is 9.59 Å². The highest BCUT2D eigenvalue weighted by Crippen LogP contribution is 2.18. The minimum Gasteiger partial charge on any atom is -0.475 e. The number of hydrogen-bond acceptors (Lipinski definition) is 7. The highest BCUT2D eigenvalue weighted by Gasteiger charge is 2.11. The Balaban J connectivity index is 1.34. The first-order valence-corrected chi connectivity index (χ1v) is 9.53. The molecular formula is C22H19N5O4. The van der Waals surface area contributed by atoms with Crippen molar-refractivity contribution in [2.75, 3.05) is 20.3 Å². The number of esters is 1. The molecule has 0 saturated heterocycles. The Morgan fingerprint density at radius 3 is 2.42 bits per heavy atom. The maximum Gasteiger partial charge on any atom is 0.337 e. The van der Waals surface area contributed by atoms with E-state index in [1.54, 1.807) is 40.9 Å². The number of methoxy groups -OCH3 is 1. The van der Waals surface area contributed by atoms with Crippen molar-refractivity contribution in [3.05, 3.63) is 77.9 Å². The third-order valence-corrected chi connectivity index (χ3v) is 4.48. The topological polar surface area (TPSA) is 108 Å². The zero-order chi connectivity index (χ0) is 21.6. The van der Waals surface area contributed by atoms with Crippen LogP contribution in [0.2, 0.25) is 0 Å². The fourth-order valence-corrected chi connectivity index (χ4v) is 2.91. The summed E-state index contributed by atoms with van der Waals surface area (Å²) < 4.78 is 11.9. The number of carbonyl (C=O) groups excluding carboxylic acids is 2. The molecule has 0 unspecified atom stereocenters. The summed E-state index contributed by atoms with van der Waals surface area (Å²) in [4.78, 5) is 23.7. The normalized spacial score (nSPS) is 10.6. The van der Waals surface area contributed by atoms with Gasteiger partial charge < -0.3 is 14.8 Å². The number of carbonyl (C=O) groups is 2. The van der Waals surface area contributed by atoms with Gasteiger partial charge in [-0.05, 0) is 30.3 Å². The Kier molecular flexibility index (Phi) is 5.84. The first-order chi connectivity index (χ1) is 15.2. The average molecular weight is 417 g/mol. The predicted octanol–water partition coefficient (Wildman–Crippen LogP) is 2.39. The molecule has 2 aromatic heterocycles. The SMILES string of the molecule is COC(=O)c1ccc(C(=O)NCCOc2ccc3nnc(-c4ccccc4)n3n2)cc1. The van der Waals surface area contributed by atoms with Gasteiger partial charge in [-0.25, -0.2) is 4.79 Å². The zero-order valence-electron chi connectivity index (χ0n) is 16.7. The van der Waals surface area contributed by atoms with Crippen LogP contribution in [0.5, 0.6) is 5.88 Å². The summed E-state index contributed by atoms with van der Waals surface area (Å²) in [6, 6.07) is 19.3. The van der Waals surface area contributed by atoms with Gasteiger partial charge in [-0.2, -0.15) is 4.52 Å². The Bertz CT molecular complexity index is 1210. The predicted molar refractivity (Wildman–Crippen MR) is 112 cm³/mol. The molecule has 0 saturated carbocycles. The summed E-state index contributed by atoms with van der Waals surface area (Å²) in [7, 11) is 1.31. The van der Waals surface area contributed by atoms with Crippen molar-refractivity contribution in [1.29, 1.82) is 0 Å². The molecule has 31 heavy (non-hydrogen) atoms. The summed E-state index contributed by atoms with van der Waals surface area (Å²) in [5.41, 5.74) is 2.32. The maximum atomic E-state index is 12.2. The molecule has 0 radical (unpaired) electrons. The van der Waals surface area contributed by atoms with Gasteiger partial charge in [0.05, 0.1) is 19.2 Å². The number of nitrogens with zero attached hydrogens (tertiary/aromatic N) is 4. The number of benzene rings is 2. The average Bonchev–Trinajstić information content (AvgIpc) is 3.25. The molecule has 1 amide bonds. The van der Waals surface area contributed by atoms with E-state index < -0.39 is 5.97 Å². The monoisotopic (exact) mass is 417 g/mol. The minimum absolute atomic E-state index is 0.229. The van der Waals surface area contributed by atoms with Crippen molar-refractivity contribution in [2.45, 2.75) is 0 Å². The number of aromatic nitrogens is 4. The molecule has 0 aliphatic rings. The van der Waals surface area contributed by atoms with E-state index >= 15 is 0 Å². The summed E-state index contributed by atoms with van der Waals surface area (Å²) in [5, 5.41) is 15.5. The van der Waals surface area contributed by atoms with E-state index in [4.69, 9.17) is 4.74 Å². The fourth-order valence-electron chi connectivity index (χ4n) is 2.91. The quantitative estimate of drug-likeness (QED) is 0.363. The summed E-state index contributed by atoms with van der Waals surface area (Å²) in [6.07, 6.45) is 0. The number of ether oxygens (including phenoxy) is 2. The van der Waals surface area contributed by atoms with Crippen LogP contribution in [0.3, 0.4) is 0 Å². The number of fused-ring (bicyclic) bond motifs is 1. The number of hydrogen-bond donors (Lipinski definition) is 1. The van der Waals surface area contributed by atoms with Crippen molar-refractivity contribution in [2.24, 2.45) is 0 Å². The van der Waals surface area contributed by atoms with E-state index in [0.29, 0.717) is 28.5 Å². The first-order valence-electron chi connectivity index (χ1n) is 9.53. The van der Waals surface area contributed by atoms with Crippen LogP contribution in [0, 0.1) is 0 Å². The highest BCUT2D eigenvalue weighted by molar-refractivity contribution is 5.96. The minimum atomic E-state index is -0.451. The molecule has 2 heterocycles. The van der Waals surface area contributed by atoms with Crippen LogP contribution in [0.25, 0.3) is 17.0 Å². The smallest absolute Gasteiger partial charge is 0.337 e. The molecular weight excluding hydrogens is 398 g/mol. The molecule has 0 fully saturated rings. The van der Waals surface area contributed by atoms with Crippen molar-refractivity contribution in [3.8, 4) is 17.3 Å². The standard InChI is InChI=1S/C22H19N5O4/c1-30-22(29)17-9-7-16(8-10-17)21(28)23-13-14-31-19-12-11-18-24-25-20(27(18)26-19)15-5-3-2-4-6-15/h2-12H,13-14H2,1H3,(H,23,28). The zero-order valence-corrected chi connectivity index (χ0v) is 16.7. The molecule has 0 atom stereocenters.